The lowest BCUT2D eigenvalue weighted by Crippen LogP contribution is -2.17. The molecule has 0 aliphatic carbocycles. The van der Waals surface area contributed by atoms with Crippen molar-refractivity contribution in [3.63, 3.8) is 0 Å². The van der Waals surface area contributed by atoms with Gasteiger partial charge in [0.2, 0.25) is 0 Å². The number of hydrogen-bond donors (Lipinski definition) is 0. The van der Waals surface area contributed by atoms with E-state index in [0.29, 0.717) is 12.4 Å². The minimum Gasteiger partial charge on any atom is -0.425 e. The number of benzene rings is 1. The molecule has 1 aromatic carbocycles. The molecular weight excluding hydrogens is 228 g/mol. The number of rotatable bonds is 6. The molecule has 100 valence electrons. The van der Waals surface area contributed by atoms with Gasteiger partial charge in [0.25, 0.3) is 0 Å². The number of hydrogen-bond acceptors (Lipinski definition) is 3. The van der Waals surface area contributed by atoms with Gasteiger partial charge in [-0.15, -0.1) is 0 Å². The molecule has 0 heterocycles. The third-order valence-corrected chi connectivity index (χ3v) is 3.18. The van der Waals surface area contributed by atoms with Gasteiger partial charge in [0.1, 0.15) is 12.4 Å². The van der Waals surface area contributed by atoms with Crippen LogP contribution >= 0.6 is 0 Å². The summed E-state index contributed by atoms with van der Waals surface area (Å²) >= 11 is 0. The Morgan fingerprint density at radius 1 is 1.17 bits per heavy atom. The smallest absolute Gasteiger partial charge is 0.337 e. The molecule has 0 saturated carbocycles. The summed E-state index contributed by atoms with van der Waals surface area (Å²) in [6.07, 6.45) is 1.07. The summed E-state index contributed by atoms with van der Waals surface area (Å²) in [6.45, 7) is 8.91. The summed E-state index contributed by atoms with van der Waals surface area (Å²) in [6, 6.07) is 7.67. The average Bonchev–Trinajstić information content (AvgIpc) is 2.37. The molecule has 0 radical (unpaired) electrons. The van der Waals surface area contributed by atoms with Crippen LogP contribution in [0.2, 0.25) is 0 Å². The molecular formula is C15H22O3. The van der Waals surface area contributed by atoms with Crippen molar-refractivity contribution in [1.82, 2.24) is 0 Å². The number of carbonyl (C=O) groups excluding carboxylic acids is 1. The lowest BCUT2D eigenvalue weighted by atomic mass is 9.82. The highest BCUT2D eigenvalue weighted by Gasteiger charge is 2.17. The summed E-state index contributed by atoms with van der Waals surface area (Å²) in [5.41, 5.74) is 1.39. The molecule has 1 aromatic rings. The van der Waals surface area contributed by atoms with E-state index in [-0.39, 0.29) is 18.0 Å². The van der Waals surface area contributed by atoms with Crippen LogP contribution in [0, 0.1) is 0 Å². The lowest BCUT2D eigenvalue weighted by molar-refractivity contribution is -0.139. The molecule has 3 nitrogen and oxygen atoms in total. The summed E-state index contributed by atoms with van der Waals surface area (Å²) in [7, 11) is 0. The maximum atomic E-state index is 11.4. The van der Waals surface area contributed by atoms with E-state index in [1.54, 1.807) is 0 Å². The first-order valence-electron chi connectivity index (χ1n) is 6.38. The van der Waals surface area contributed by atoms with E-state index < -0.39 is 0 Å². The molecule has 0 spiro atoms. The van der Waals surface area contributed by atoms with Crippen molar-refractivity contribution in [2.24, 2.45) is 0 Å². The van der Waals surface area contributed by atoms with Crippen LogP contribution in [0.5, 0.6) is 5.75 Å². The first-order valence-corrected chi connectivity index (χ1v) is 6.38. The largest absolute Gasteiger partial charge is 0.425 e. The van der Waals surface area contributed by atoms with Gasteiger partial charge in [-0.1, -0.05) is 32.9 Å². The van der Waals surface area contributed by atoms with E-state index in [1.165, 1.54) is 5.56 Å². The number of ether oxygens (including phenoxy) is 2. The van der Waals surface area contributed by atoms with Crippen LogP contribution in [0.1, 0.15) is 39.7 Å². The van der Waals surface area contributed by atoms with Crippen LogP contribution in [0.3, 0.4) is 0 Å². The molecule has 0 amide bonds. The number of esters is 1. The van der Waals surface area contributed by atoms with Gasteiger partial charge in [0.15, 0.2) is 0 Å². The maximum absolute atomic E-state index is 11.4. The van der Waals surface area contributed by atoms with Crippen LogP contribution < -0.4 is 4.74 Å². The van der Waals surface area contributed by atoms with Crippen molar-refractivity contribution in [3.05, 3.63) is 29.8 Å². The van der Waals surface area contributed by atoms with Gasteiger partial charge >= 0.3 is 5.97 Å². The predicted molar refractivity (Wildman–Crippen MR) is 71.9 cm³/mol. The fraction of sp³-hybridized carbons (Fsp3) is 0.533. The second-order valence-corrected chi connectivity index (χ2v) is 4.87. The SMILES string of the molecule is CCOCC(=O)Oc1ccc(C(C)(C)CC)cc1. The van der Waals surface area contributed by atoms with Crippen molar-refractivity contribution in [1.29, 1.82) is 0 Å². The van der Waals surface area contributed by atoms with E-state index in [0.717, 1.165) is 6.42 Å². The minimum absolute atomic E-state index is 0.00129. The van der Waals surface area contributed by atoms with Crippen LogP contribution in [-0.4, -0.2) is 19.2 Å². The van der Waals surface area contributed by atoms with Crippen molar-refractivity contribution >= 4 is 5.97 Å². The van der Waals surface area contributed by atoms with E-state index in [1.807, 2.05) is 31.2 Å². The zero-order valence-electron chi connectivity index (χ0n) is 11.7. The minimum atomic E-state index is -0.362. The normalized spacial score (nSPS) is 11.3. The van der Waals surface area contributed by atoms with Gasteiger partial charge in [-0.25, -0.2) is 4.79 Å². The van der Waals surface area contributed by atoms with E-state index in [9.17, 15) is 4.79 Å². The molecule has 0 fully saturated rings. The molecule has 18 heavy (non-hydrogen) atoms. The van der Waals surface area contributed by atoms with Crippen LogP contribution in [0.25, 0.3) is 0 Å². The van der Waals surface area contributed by atoms with Gasteiger partial charge in [-0.2, -0.15) is 0 Å². The van der Waals surface area contributed by atoms with E-state index in [2.05, 4.69) is 20.8 Å². The maximum Gasteiger partial charge on any atom is 0.337 e. The molecule has 0 N–H and O–H groups in total. The first-order chi connectivity index (χ1) is 8.49. The highest BCUT2D eigenvalue weighted by atomic mass is 16.6. The second-order valence-electron chi connectivity index (χ2n) is 4.87. The first kappa shape index (κ1) is 14.7. The van der Waals surface area contributed by atoms with Crippen molar-refractivity contribution in [2.45, 2.75) is 39.5 Å². The van der Waals surface area contributed by atoms with Gasteiger partial charge in [0.05, 0.1) is 0 Å². The number of carbonyl (C=O) groups is 1. The molecule has 0 atom stereocenters. The van der Waals surface area contributed by atoms with Crippen molar-refractivity contribution in [2.75, 3.05) is 13.2 Å². The van der Waals surface area contributed by atoms with Crippen LogP contribution in [0.15, 0.2) is 24.3 Å². The van der Waals surface area contributed by atoms with E-state index in [4.69, 9.17) is 9.47 Å². The Hall–Kier alpha value is -1.35. The molecule has 1 rings (SSSR count). The highest BCUT2D eigenvalue weighted by Crippen LogP contribution is 2.27. The highest BCUT2D eigenvalue weighted by molar-refractivity contribution is 5.73. The monoisotopic (exact) mass is 250 g/mol. The molecule has 0 aromatic heterocycles. The van der Waals surface area contributed by atoms with Gasteiger partial charge < -0.3 is 9.47 Å². The summed E-state index contributed by atoms with van der Waals surface area (Å²) in [4.78, 5) is 11.4. The Balaban J connectivity index is 2.63. The summed E-state index contributed by atoms with van der Waals surface area (Å²) in [5, 5.41) is 0. The Bertz CT molecular complexity index is 379. The Morgan fingerprint density at radius 2 is 1.78 bits per heavy atom. The predicted octanol–water partition coefficient (Wildman–Crippen LogP) is 3.32. The van der Waals surface area contributed by atoms with Gasteiger partial charge in [-0.05, 0) is 36.5 Å². The molecule has 0 bridgehead atoms. The second kappa shape index (κ2) is 6.55. The summed E-state index contributed by atoms with van der Waals surface area (Å²) in [5.74, 6) is 0.203. The Kier molecular flexibility index (Phi) is 5.35. The Morgan fingerprint density at radius 3 is 2.28 bits per heavy atom. The van der Waals surface area contributed by atoms with Crippen molar-refractivity contribution < 1.29 is 14.3 Å². The molecule has 0 aliphatic heterocycles. The van der Waals surface area contributed by atoms with Crippen LogP contribution in [0.4, 0.5) is 0 Å². The molecule has 3 heteroatoms. The van der Waals surface area contributed by atoms with Gasteiger partial charge in [0, 0.05) is 6.61 Å². The fourth-order valence-electron chi connectivity index (χ4n) is 1.52. The Labute approximate surface area is 109 Å². The quantitative estimate of drug-likeness (QED) is 0.574. The standard InChI is InChI=1S/C15H22O3/c1-5-15(3,4)12-7-9-13(10-8-12)18-14(16)11-17-6-2/h7-10H,5-6,11H2,1-4H3. The molecule has 0 unspecified atom stereocenters. The van der Waals surface area contributed by atoms with Crippen molar-refractivity contribution in [3.8, 4) is 5.75 Å². The third-order valence-electron chi connectivity index (χ3n) is 3.18. The van der Waals surface area contributed by atoms with Crippen LogP contribution in [-0.2, 0) is 14.9 Å². The fourth-order valence-corrected chi connectivity index (χ4v) is 1.52. The molecule has 0 saturated heterocycles. The third kappa shape index (κ3) is 4.15. The summed E-state index contributed by atoms with van der Waals surface area (Å²) < 4.78 is 10.1. The zero-order valence-corrected chi connectivity index (χ0v) is 11.7. The zero-order chi connectivity index (χ0) is 13.6. The van der Waals surface area contributed by atoms with Gasteiger partial charge in [-0.3, -0.25) is 0 Å². The molecule has 0 aliphatic rings. The topological polar surface area (TPSA) is 35.5 Å². The lowest BCUT2D eigenvalue weighted by Gasteiger charge is -2.23. The van der Waals surface area contributed by atoms with E-state index >= 15 is 0 Å². The average molecular weight is 250 g/mol.